The maximum Gasteiger partial charge on any atom is 0.203 e. The Kier molecular flexibility index (Phi) is 81.2. The summed E-state index contributed by atoms with van der Waals surface area (Å²) in [5, 5.41) is 0. The van der Waals surface area contributed by atoms with Gasteiger partial charge in [-0.3, -0.25) is 0 Å². The number of pyridine rings is 2. The number of rotatable bonds is 101. The van der Waals surface area contributed by atoms with E-state index in [1.807, 2.05) is 0 Å². The van der Waals surface area contributed by atoms with Gasteiger partial charge in [-0.25, -0.2) is 9.13 Å². The third-order valence-corrected chi connectivity index (χ3v) is 26.7. The molecule has 0 aliphatic heterocycles. The Morgan fingerprint density at radius 2 is 0.289 bits per heavy atom. The largest absolute Gasteiger partial charge is 0.493 e. The summed E-state index contributed by atoms with van der Waals surface area (Å²) in [6.45, 7) is 20.9. The first-order chi connectivity index (χ1) is 63.5. The van der Waals surface area contributed by atoms with Crippen LogP contribution in [0, 0.1) is 0 Å². The summed E-state index contributed by atoms with van der Waals surface area (Å²) in [6.07, 6.45) is 114. The zero-order chi connectivity index (χ0) is 90.7. The molecule has 2 heterocycles. The van der Waals surface area contributed by atoms with Gasteiger partial charge in [0.1, 0.15) is 11.5 Å². The summed E-state index contributed by atoms with van der Waals surface area (Å²) in [5.41, 5.74) is 2.34. The standard InChI is InChI=1S/C118H210N2O8/c1-7-13-19-25-31-37-43-49-55-65-73-81-97-123-113-103-109(104-114(124-98-82-74-66-56-50-44-38-32-26-20-14-8-2)117(113)127-101-85-77-69-59-53-47-41-35-29-23-17-11-5)107-119-91-87-111(88-92-119)121-95-79-71-63-61-62-64-72-80-96-122-112-89-93-120(94-90-112)108-110-105-115(125-99-83-75-67-57-51-45-39-33-27-21-15-9-3)118(128-102-86-78-70-60-54-48-42-36-30-24-18-12-6)116(106-110)126-100-84-76-68-58-52-46-40-34-28-22-16-10-4/h87-94,103-106H,7-86,95-102,107-108H2,1-6H3/q+2. The molecule has 10 heteroatoms. The molecule has 0 aliphatic carbocycles. The molecule has 2 aromatic carbocycles. The minimum Gasteiger partial charge on any atom is -0.493 e. The molecule has 4 rings (SSSR count). The zero-order valence-electron chi connectivity index (χ0n) is 85.7. The van der Waals surface area contributed by atoms with Crippen molar-refractivity contribution < 1.29 is 47.0 Å². The third-order valence-electron chi connectivity index (χ3n) is 26.7. The molecule has 4 aromatic rings. The van der Waals surface area contributed by atoms with Gasteiger partial charge in [0.15, 0.2) is 60.9 Å². The normalized spacial score (nSPS) is 11.5. The van der Waals surface area contributed by atoms with Gasteiger partial charge in [0.25, 0.3) is 0 Å². The second-order valence-corrected chi connectivity index (χ2v) is 39.2. The summed E-state index contributed by atoms with van der Waals surface area (Å²) in [6, 6.07) is 17.5. The Labute approximate surface area is 793 Å². The van der Waals surface area contributed by atoms with E-state index in [1.165, 1.54) is 473 Å². The topological polar surface area (TPSA) is 81.6 Å². The quantitative estimate of drug-likeness (QED) is 0.0319. The van der Waals surface area contributed by atoms with Gasteiger partial charge in [0, 0.05) is 35.4 Å². The van der Waals surface area contributed by atoms with Gasteiger partial charge < -0.3 is 37.9 Å². The van der Waals surface area contributed by atoms with Gasteiger partial charge >= 0.3 is 0 Å². The zero-order valence-corrected chi connectivity index (χ0v) is 85.7. The van der Waals surface area contributed by atoms with Gasteiger partial charge in [-0.1, -0.05) is 504 Å². The van der Waals surface area contributed by atoms with Crippen LogP contribution in [0.5, 0.6) is 46.0 Å². The van der Waals surface area contributed by atoms with Crippen LogP contribution in [0.15, 0.2) is 73.3 Å². The monoisotopic (exact) mass is 1780 g/mol. The Morgan fingerprint density at radius 1 is 0.156 bits per heavy atom. The molecule has 0 unspecified atom stereocenters. The van der Waals surface area contributed by atoms with Crippen molar-refractivity contribution in [2.75, 3.05) is 52.9 Å². The van der Waals surface area contributed by atoms with Gasteiger partial charge in [0.2, 0.25) is 11.5 Å². The van der Waals surface area contributed by atoms with E-state index in [4.69, 9.17) is 37.9 Å². The van der Waals surface area contributed by atoms with Crippen molar-refractivity contribution in [2.45, 2.75) is 568 Å². The minimum atomic E-state index is 0.689. The van der Waals surface area contributed by atoms with Crippen LogP contribution in [-0.2, 0) is 13.1 Å². The van der Waals surface area contributed by atoms with Crippen LogP contribution in [-0.4, -0.2) is 52.9 Å². The molecule has 10 nitrogen and oxygen atoms in total. The molecular formula is C118H210N2O8+2. The van der Waals surface area contributed by atoms with Crippen molar-refractivity contribution in [3.05, 3.63) is 84.4 Å². The lowest BCUT2D eigenvalue weighted by atomic mass is 10.1. The summed E-state index contributed by atoms with van der Waals surface area (Å²) in [5.74, 6) is 6.85. The van der Waals surface area contributed by atoms with E-state index in [-0.39, 0.29) is 0 Å². The molecule has 128 heavy (non-hydrogen) atoms. The molecular weight excluding hydrogens is 1570 g/mol. The van der Waals surface area contributed by atoms with E-state index in [0.717, 1.165) is 111 Å². The lowest BCUT2D eigenvalue weighted by Crippen LogP contribution is -2.33. The predicted octanol–water partition coefficient (Wildman–Crippen LogP) is 37.4. The highest BCUT2D eigenvalue weighted by molar-refractivity contribution is 5.55. The lowest BCUT2D eigenvalue weighted by Gasteiger charge is -2.18. The number of aromatic nitrogens is 2. The number of nitrogens with zero attached hydrogens (tertiary/aromatic N) is 2. The van der Waals surface area contributed by atoms with E-state index >= 15 is 0 Å². The molecule has 0 atom stereocenters. The first kappa shape index (κ1) is 115. The van der Waals surface area contributed by atoms with E-state index in [2.05, 4.69) is 124 Å². The number of benzene rings is 2. The fourth-order valence-corrected chi connectivity index (χ4v) is 18.3. The van der Waals surface area contributed by atoms with E-state index < -0.39 is 0 Å². The van der Waals surface area contributed by atoms with Crippen molar-refractivity contribution in [1.82, 2.24) is 0 Å². The minimum absolute atomic E-state index is 0.689. The molecule has 0 amide bonds. The molecule has 0 saturated heterocycles. The molecule has 0 radical (unpaired) electrons. The highest BCUT2D eigenvalue weighted by atomic mass is 16.5. The second kappa shape index (κ2) is 90.0. The first-order valence-electron chi connectivity index (χ1n) is 56.9. The number of unbranched alkanes of at least 4 members (excludes halogenated alkanes) is 73. The van der Waals surface area contributed by atoms with Crippen molar-refractivity contribution in [3.8, 4) is 46.0 Å². The van der Waals surface area contributed by atoms with Gasteiger partial charge in [-0.05, 0) is 75.6 Å². The average molecular weight is 1780 g/mol. The smallest absolute Gasteiger partial charge is 0.203 e. The fraction of sp³-hybridized carbons (Fsp3) is 0.814. The van der Waals surface area contributed by atoms with Gasteiger partial charge in [-0.15, -0.1) is 0 Å². The molecule has 738 valence electrons. The Balaban J connectivity index is 1.28. The SMILES string of the molecule is CCCCCCCCCCCCCCOc1cc(C[n+]2ccc(OCCCCCCCCCCOc3cc[n+](Cc4cc(OCCCCCCCCCCCCCC)c(OCCCCCCCCCCCCCC)c(OCCCCCCCCCCCCCC)c4)cc3)cc2)cc(OCCCCCCCCCCCCCC)c1OCCCCCCCCCCCCCC. The fourth-order valence-electron chi connectivity index (χ4n) is 18.3. The van der Waals surface area contributed by atoms with Crippen LogP contribution in [0.4, 0.5) is 0 Å². The number of hydrogen-bond donors (Lipinski definition) is 0. The molecule has 0 aliphatic rings. The molecule has 0 saturated carbocycles. The Morgan fingerprint density at radius 3 is 0.445 bits per heavy atom. The first-order valence-corrected chi connectivity index (χ1v) is 56.9. The molecule has 0 N–H and O–H groups in total. The van der Waals surface area contributed by atoms with Crippen LogP contribution in [0.2, 0.25) is 0 Å². The van der Waals surface area contributed by atoms with Gasteiger partial charge in [-0.2, -0.15) is 0 Å². The number of ether oxygens (including phenoxy) is 8. The maximum absolute atomic E-state index is 6.81. The summed E-state index contributed by atoms with van der Waals surface area (Å²) < 4.78 is 58.1. The van der Waals surface area contributed by atoms with Crippen LogP contribution in [0.25, 0.3) is 0 Å². The summed E-state index contributed by atoms with van der Waals surface area (Å²) >= 11 is 0. The number of hydrogen-bond acceptors (Lipinski definition) is 8. The maximum atomic E-state index is 6.81. The summed E-state index contributed by atoms with van der Waals surface area (Å²) in [4.78, 5) is 0. The average Bonchev–Trinajstić information content (AvgIpc) is 0.821. The van der Waals surface area contributed by atoms with E-state index in [1.54, 1.807) is 0 Å². The molecule has 0 fully saturated rings. The van der Waals surface area contributed by atoms with E-state index in [0.29, 0.717) is 52.7 Å². The molecule has 0 spiro atoms. The highest BCUT2D eigenvalue weighted by Crippen LogP contribution is 2.42. The lowest BCUT2D eigenvalue weighted by molar-refractivity contribution is -0.688. The highest BCUT2D eigenvalue weighted by Gasteiger charge is 2.21. The van der Waals surface area contributed by atoms with Crippen molar-refractivity contribution in [1.29, 1.82) is 0 Å². The van der Waals surface area contributed by atoms with E-state index in [9.17, 15) is 0 Å². The second-order valence-electron chi connectivity index (χ2n) is 39.2. The van der Waals surface area contributed by atoms with Gasteiger partial charge in [0.05, 0.1) is 52.9 Å². The van der Waals surface area contributed by atoms with Crippen molar-refractivity contribution in [2.24, 2.45) is 0 Å². The molecule has 2 aromatic heterocycles. The van der Waals surface area contributed by atoms with Crippen molar-refractivity contribution >= 4 is 0 Å². The Bertz CT molecular complexity index is 2660. The molecule has 0 bridgehead atoms. The van der Waals surface area contributed by atoms with Crippen molar-refractivity contribution in [3.63, 3.8) is 0 Å². The Hall–Kier alpha value is -4.86. The van der Waals surface area contributed by atoms with Crippen LogP contribution >= 0.6 is 0 Å². The van der Waals surface area contributed by atoms with Crippen LogP contribution in [0.3, 0.4) is 0 Å². The third kappa shape index (κ3) is 68.2. The van der Waals surface area contributed by atoms with Crippen LogP contribution < -0.4 is 47.0 Å². The van der Waals surface area contributed by atoms with Crippen LogP contribution in [0.1, 0.15) is 566 Å². The summed E-state index contributed by atoms with van der Waals surface area (Å²) in [7, 11) is 0. The predicted molar refractivity (Wildman–Crippen MR) is 552 cm³/mol.